The van der Waals surface area contributed by atoms with Crippen LogP contribution in [0.2, 0.25) is 0 Å². The molecule has 0 bridgehead atoms. The van der Waals surface area contributed by atoms with Gasteiger partial charge in [0.15, 0.2) is 0 Å². The fraction of sp³-hybridized carbons (Fsp3) is 0.294. The molecule has 1 amide bonds. The van der Waals surface area contributed by atoms with Crippen LogP contribution in [0.1, 0.15) is 32.9 Å². The zero-order chi connectivity index (χ0) is 17.9. The molecule has 126 valence electrons. The van der Waals surface area contributed by atoms with Gasteiger partial charge in [0.2, 0.25) is 0 Å². The Morgan fingerprint density at radius 2 is 2.04 bits per heavy atom. The Labute approximate surface area is 137 Å². The fourth-order valence-electron chi connectivity index (χ4n) is 2.23. The van der Waals surface area contributed by atoms with Gasteiger partial charge in [0.05, 0.1) is 23.4 Å². The first-order valence-electron chi connectivity index (χ1n) is 7.14. The molecular weight excluding hydrogens is 319 g/mol. The highest BCUT2D eigenvalue weighted by Crippen LogP contribution is 2.29. The maximum atomic E-state index is 12.6. The van der Waals surface area contributed by atoms with E-state index < -0.39 is 11.7 Å². The minimum atomic E-state index is -4.40. The van der Waals surface area contributed by atoms with Gasteiger partial charge < -0.3 is 5.32 Å². The molecule has 0 aliphatic heterocycles. The van der Waals surface area contributed by atoms with Crippen LogP contribution in [0.25, 0.3) is 0 Å². The molecule has 0 aliphatic carbocycles. The van der Waals surface area contributed by atoms with Crippen molar-refractivity contribution in [2.45, 2.75) is 20.0 Å². The molecule has 2 aromatic rings. The molecule has 0 spiro atoms. The van der Waals surface area contributed by atoms with E-state index in [1.807, 2.05) is 0 Å². The van der Waals surface area contributed by atoms with Crippen molar-refractivity contribution in [3.63, 3.8) is 0 Å². The standard InChI is InChI=1S/C17H16F3N3O/c1-11-15(12(2)23(3)22-11)16(24)21-9-5-7-13-6-4-8-14(10-13)17(18,19)20/h4,6,8,10H,9H2,1-3H3,(H,21,24). The van der Waals surface area contributed by atoms with E-state index in [0.717, 1.165) is 17.8 Å². The topological polar surface area (TPSA) is 46.9 Å². The normalized spacial score (nSPS) is 10.9. The summed E-state index contributed by atoms with van der Waals surface area (Å²) in [7, 11) is 1.74. The highest BCUT2D eigenvalue weighted by Gasteiger charge is 2.30. The van der Waals surface area contributed by atoms with Gasteiger partial charge in [-0.2, -0.15) is 18.3 Å². The highest BCUT2D eigenvalue weighted by atomic mass is 19.4. The zero-order valence-electron chi connectivity index (χ0n) is 13.5. The van der Waals surface area contributed by atoms with E-state index in [9.17, 15) is 18.0 Å². The molecule has 1 heterocycles. The Morgan fingerprint density at radius 3 is 2.62 bits per heavy atom. The second kappa shape index (κ2) is 6.79. The van der Waals surface area contributed by atoms with Crippen LogP contribution in [0.4, 0.5) is 13.2 Å². The van der Waals surface area contributed by atoms with Gasteiger partial charge in [-0.1, -0.05) is 17.9 Å². The zero-order valence-corrected chi connectivity index (χ0v) is 13.5. The van der Waals surface area contributed by atoms with E-state index in [0.29, 0.717) is 11.3 Å². The number of aromatic nitrogens is 2. The van der Waals surface area contributed by atoms with E-state index in [4.69, 9.17) is 0 Å². The van der Waals surface area contributed by atoms with Crippen LogP contribution < -0.4 is 5.32 Å². The molecule has 0 radical (unpaired) electrons. The second-order valence-corrected chi connectivity index (χ2v) is 5.23. The summed E-state index contributed by atoms with van der Waals surface area (Å²) in [4.78, 5) is 12.1. The highest BCUT2D eigenvalue weighted by molar-refractivity contribution is 5.96. The van der Waals surface area contributed by atoms with Crippen LogP contribution in [-0.2, 0) is 13.2 Å². The molecule has 24 heavy (non-hydrogen) atoms. The van der Waals surface area contributed by atoms with Crippen LogP contribution in [-0.4, -0.2) is 22.2 Å². The SMILES string of the molecule is Cc1nn(C)c(C)c1C(=O)NCC#Cc1cccc(C(F)(F)F)c1. The number of nitrogens with zero attached hydrogens (tertiary/aromatic N) is 2. The number of hydrogen-bond acceptors (Lipinski definition) is 2. The quantitative estimate of drug-likeness (QED) is 0.858. The maximum absolute atomic E-state index is 12.6. The van der Waals surface area contributed by atoms with E-state index in [-0.39, 0.29) is 18.0 Å². The van der Waals surface area contributed by atoms with Crippen molar-refractivity contribution >= 4 is 5.91 Å². The van der Waals surface area contributed by atoms with Crippen molar-refractivity contribution < 1.29 is 18.0 Å². The summed E-state index contributed by atoms with van der Waals surface area (Å²) in [5.74, 6) is 4.95. The Hall–Kier alpha value is -2.75. The van der Waals surface area contributed by atoms with Crippen molar-refractivity contribution in [2.24, 2.45) is 7.05 Å². The molecule has 0 aliphatic rings. The number of halogens is 3. The van der Waals surface area contributed by atoms with Gasteiger partial charge >= 0.3 is 6.18 Å². The monoisotopic (exact) mass is 335 g/mol. The largest absolute Gasteiger partial charge is 0.416 e. The Kier molecular flexibility index (Phi) is 4.98. The van der Waals surface area contributed by atoms with E-state index in [1.54, 1.807) is 25.6 Å². The first-order valence-corrected chi connectivity index (χ1v) is 7.14. The van der Waals surface area contributed by atoms with E-state index in [1.165, 1.54) is 12.1 Å². The third-order valence-electron chi connectivity index (χ3n) is 3.50. The number of carbonyl (C=O) groups excluding carboxylic acids is 1. The first-order chi connectivity index (χ1) is 11.2. The van der Waals surface area contributed by atoms with Gasteiger partial charge in [0, 0.05) is 18.3 Å². The van der Waals surface area contributed by atoms with Crippen molar-refractivity contribution in [1.82, 2.24) is 15.1 Å². The molecule has 1 aromatic carbocycles. The lowest BCUT2D eigenvalue weighted by Gasteiger charge is -2.05. The number of rotatable bonds is 2. The van der Waals surface area contributed by atoms with Gasteiger partial charge in [-0.15, -0.1) is 0 Å². The summed E-state index contributed by atoms with van der Waals surface area (Å²) in [6, 6.07) is 4.75. The predicted molar refractivity (Wildman–Crippen MR) is 83.3 cm³/mol. The third kappa shape index (κ3) is 3.96. The van der Waals surface area contributed by atoms with Crippen LogP contribution in [0.5, 0.6) is 0 Å². The van der Waals surface area contributed by atoms with Gasteiger partial charge in [0.25, 0.3) is 5.91 Å². The predicted octanol–water partition coefficient (Wildman–Crippen LogP) is 2.84. The number of hydrogen-bond donors (Lipinski definition) is 1. The summed E-state index contributed by atoms with van der Waals surface area (Å²) in [5.41, 5.74) is 1.32. The van der Waals surface area contributed by atoms with E-state index in [2.05, 4.69) is 22.3 Å². The fourth-order valence-corrected chi connectivity index (χ4v) is 2.23. The molecule has 0 saturated heterocycles. The summed E-state index contributed by atoms with van der Waals surface area (Å²) >= 11 is 0. The van der Waals surface area contributed by atoms with Crippen LogP contribution >= 0.6 is 0 Å². The number of amides is 1. The van der Waals surface area contributed by atoms with Gasteiger partial charge in [0.1, 0.15) is 0 Å². The average molecular weight is 335 g/mol. The third-order valence-corrected chi connectivity index (χ3v) is 3.50. The molecule has 0 saturated carbocycles. The van der Waals surface area contributed by atoms with Crippen molar-refractivity contribution in [3.8, 4) is 11.8 Å². The number of benzene rings is 1. The van der Waals surface area contributed by atoms with Crippen molar-refractivity contribution in [2.75, 3.05) is 6.54 Å². The molecule has 0 atom stereocenters. The van der Waals surface area contributed by atoms with Gasteiger partial charge in [-0.25, -0.2) is 0 Å². The number of carbonyl (C=O) groups is 1. The maximum Gasteiger partial charge on any atom is 0.416 e. The second-order valence-electron chi connectivity index (χ2n) is 5.23. The summed E-state index contributed by atoms with van der Waals surface area (Å²) < 4.78 is 39.5. The molecular formula is C17H16F3N3O. The number of alkyl halides is 3. The molecule has 2 rings (SSSR count). The van der Waals surface area contributed by atoms with E-state index >= 15 is 0 Å². The number of nitrogens with one attached hydrogen (secondary N) is 1. The minimum absolute atomic E-state index is 0.0306. The molecule has 7 heteroatoms. The summed E-state index contributed by atoms with van der Waals surface area (Å²) in [6.45, 7) is 3.54. The average Bonchev–Trinajstić information content (AvgIpc) is 2.76. The summed E-state index contributed by atoms with van der Waals surface area (Å²) in [5, 5.41) is 6.77. The lowest BCUT2D eigenvalue weighted by molar-refractivity contribution is -0.137. The van der Waals surface area contributed by atoms with Crippen molar-refractivity contribution in [3.05, 3.63) is 52.3 Å². The lowest BCUT2D eigenvalue weighted by Crippen LogP contribution is -2.24. The van der Waals surface area contributed by atoms with Crippen LogP contribution in [0, 0.1) is 25.7 Å². The molecule has 1 N–H and O–H groups in total. The summed E-state index contributed by atoms with van der Waals surface area (Å²) in [6.07, 6.45) is -4.40. The Morgan fingerprint density at radius 1 is 1.33 bits per heavy atom. The molecule has 4 nitrogen and oxygen atoms in total. The minimum Gasteiger partial charge on any atom is -0.341 e. The smallest absolute Gasteiger partial charge is 0.341 e. The first kappa shape index (κ1) is 17.6. The van der Waals surface area contributed by atoms with Crippen LogP contribution in [0.15, 0.2) is 24.3 Å². The molecule has 0 unspecified atom stereocenters. The Balaban J connectivity index is 2.03. The Bertz CT molecular complexity index is 826. The molecule has 0 fully saturated rings. The lowest BCUT2D eigenvalue weighted by atomic mass is 10.1. The number of aryl methyl sites for hydroxylation is 2. The molecule has 1 aromatic heterocycles. The van der Waals surface area contributed by atoms with Crippen molar-refractivity contribution in [1.29, 1.82) is 0 Å². The van der Waals surface area contributed by atoms with Gasteiger partial charge in [-0.05, 0) is 32.0 Å². The van der Waals surface area contributed by atoms with Gasteiger partial charge in [-0.3, -0.25) is 9.48 Å². The van der Waals surface area contributed by atoms with Crippen LogP contribution in [0.3, 0.4) is 0 Å².